The fraction of sp³-hybridized carbons (Fsp3) is 0.222. The highest BCUT2D eigenvalue weighted by molar-refractivity contribution is 7.90. The quantitative estimate of drug-likeness (QED) is 0.761. The molecule has 0 radical (unpaired) electrons. The number of ether oxygens (including phenoxy) is 1. The third kappa shape index (κ3) is 2.25. The average Bonchev–Trinajstić information content (AvgIpc) is 2.15. The Hall–Kier alpha value is -1.61. The number of benzene rings is 1. The van der Waals surface area contributed by atoms with E-state index >= 15 is 0 Å². The molecule has 0 unspecified atom stereocenters. The number of methoxy groups -OCH3 is 1. The molecular formula is C9H8FNO3S. The summed E-state index contributed by atoms with van der Waals surface area (Å²) < 4.78 is 40.3. The molecule has 0 aliphatic rings. The summed E-state index contributed by atoms with van der Waals surface area (Å²) in [5, 5.41) is 8.67. The molecule has 0 saturated carbocycles. The van der Waals surface area contributed by atoms with E-state index in [0.29, 0.717) is 0 Å². The Balaban J connectivity index is 3.66. The van der Waals surface area contributed by atoms with Crippen molar-refractivity contribution in [3.63, 3.8) is 0 Å². The van der Waals surface area contributed by atoms with E-state index in [1.54, 1.807) is 6.07 Å². The second-order valence-electron chi connectivity index (χ2n) is 2.87. The van der Waals surface area contributed by atoms with Crippen LogP contribution in [0.15, 0.2) is 17.0 Å². The fourth-order valence-electron chi connectivity index (χ4n) is 1.14. The zero-order valence-corrected chi connectivity index (χ0v) is 8.93. The van der Waals surface area contributed by atoms with Crippen molar-refractivity contribution in [2.45, 2.75) is 4.90 Å². The van der Waals surface area contributed by atoms with E-state index in [-0.39, 0.29) is 16.2 Å². The minimum atomic E-state index is -3.62. The summed E-state index contributed by atoms with van der Waals surface area (Å²) >= 11 is 0. The van der Waals surface area contributed by atoms with Gasteiger partial charge in [-0.1, -0.05) is 0 Å². The van der Waals surface area contributed by atoms with Crippen LogP contribution in [0.5, 0.6) is 5.75 Å². The molecule has 0 aliphatic carbocycles. The summed E-state index contributed by atoms with van der Waals surface area (Å²) in [6, 6.07) is 3.42. The van der Waals surface area contributed by atoms with E-state index in [9.17, 15) is 12.8 Å². The lowest BCUT2D eigenvalue weighted by atomic mass is 10.2. The van der Waals surface area contributed by atoms with Gasteiger partial charge < -0.3 is 4.74 Å². The summed E-state index contributed by atoms with van der Waals surface area (Å²) in [5.41, 5.74) is -0.141. The molecule has 0 saturated heterocycles. The summed E-state index contributed by atoms with van der Waals surface area (Å²) in [7, 11) is -2.39. The summed E-state index contributed by atoms with van der Waals surface area (Å²) in [6.07, 6.45) is 0.922. The number of sulfone groups is 1. The fourth-order valence-corrected chi connectivity index (χ4v) is 1.99. The van der Waals surface area contributed by atoms with Gasteiger partial charge in [-0.3, -0.25) is 0 Å². The predicted octanol–water partition coefficient (Wildman–Crippen LogP) is 1.11. The van der Waals surface area contributed by atoms with Gasteiger partial charge in [0.25, 0.3) is 0 Å². The first-order chi connectivity index (χ1) is 6.90. The van der Waals surface area contributed by atoms with Crippen LogP contribution in [-0.4, -0.2) is 21.8 Å². The molecule has 0 bridgehead atoms. The minimum absolute atomic E-state index is 0.124. The van der Waals surface area contributed by atoms with Crippen LogP contribution in [-0.2, 0) is 9.84 Å². The molecule has 1 aromatic carbocycles. The smallest absolute Gasteiger partial charge is 0.179 e. The molecule has 0 aliphatic heterocycles. The molecule has 0 N–H and O–H groups in total. The number of rotatable bonds is 2. The Morgan fingerprint density at radius 1 is 1.47 bits per heavy atom. The van der Waals surface area contributed by atoms with Crippen molar-refractivity contribution in [3.05, 3.63) is 23.5 Å². The lowest BCUT2D eigenvalue weighted by Gasteiger charge is -2.08. The number of halogens is 1. The number of nitriles is 1. The molecule has 0 spiro atoms. The highest BCUT2D eigenvalue weighted by Gasteiger charge is 2.19. The van der Waals surface area contributed by atoms with E-state index in [1.807, 2.05) is 0 Å². The van der Waals surface area contributed by atoms with Gasteiger partial charge >= 0.3 is 0 Å². The summed E-state index contributed by atoms with van der Waals surface area (Å²) in [4.78, 5) is -0.318. The second-order valence-corrected chi connectivity index (χ2v) is 4.85. The Kier molecular flexibility index (Phi) is 2.95. The van der Waals surface area contributed by atoms with Crippen molar-refractivity contribution in [1.82, 2.24) is 0 Å². The molecule has 0 amide bonds. The van der Waals surface area contributed by atoms with Crippen LogP contribution < -0.4 is 4.74 Å². The van der Waals surface area contributed by atoms with E-state index in [1.165, 1.54) is 7.11 Å². The SMILES string of the molecule is COc1c(C#N)cc(F)cc1S(C)(=O)=O. The summed E-state index contributed by atoms with van der Waals surface area (Å²) in [5.74, 6) is -0.908. The topological polar surface area (TPSA) is 67.2 Å². The molecule has 6 heteroatoms. The molecule has 15 heavy (non-hydrogen) atoms. The van der Waals surface area contributed by atoms with E-state index < -0.39 is 15.7 Å². The number of hydrogen-bond donors (Lipinski definition) is 0. The van der Waals surface area contributed by atoms with E-state index in [2.05, 4.69) is 0 Å². The Bertz CT molecular complexity index is 531. The maximum Gasteiger partial charge on any atom is 0.179 e. The normalized spacial score (nSPS) is 10.8. The molecular weight excluding hydrogens is 221 g/mol. The number of nitrogens with zero attached hydrogens (tertiary/aromatic N) is 1. The van der Waals surface area contributed by atoms with Gasteiger partial charge in [-0.15, -0.1) is 0 Å². The van der Waals surface area contributed by atoms with Crippen LogP contribution in [0, 0.1) is 17.1 Å². The van der Waals surface area contributed by atoms with Crippen LogP contribution in [0.4, 0.5) is 4.39 Å². The van der Waals surface area contributed by atoms with Crippen LogP contribution in [0.2, 0.25) is 0 Å². The third-order valence-electron chi connectivity index (χ3n) is 1.74. The van der Waals surface area contributed by atoms with E-state index in [0.717, 1.165) is 18.4 Å². The highest BCUT2D eigenvalue weighted by atomic mass is 32.2. The van der Waals surface area contributed by atoms with Crippen molar-refractivity contribution in [3.8, 4) is 11.8 Å². The van der Waals surface area contributed by atoms with Crippen molar-refractivity contribution < 1.29 is 17.5 Å². The molecule has 0 heterocycles. The number of hydrogen-bond acceptors (Lipinski definition) is 4. The van der Waals surface area contributed by atoms with Gasteiger partial charge in [-0.25, -0.2) is 12.8 Å². The van der Waals surface area contributed by atoms with Gasteiger partial charge in [0, 0.05) is 6.26 Å². The van der Waals surface area contributed by atoms with Crippen LogP contribution in [0.25, 0.3) is 0 Å². The van der Waals surface area contributed by atoms with Crippen LogP contribution in [0.1, 0.15) is 5.56 Å². The monoisotopic (exact) mass is 229 g/mol. The Morgan fingerprint density at radius 3 is 2.47 bits per heavy atom. The second kappa shape index (κ2) is 3.87. The molecule has 80 valence electrons. The maximum absolute atomic E-state index is 13.0. The lowest BCUT2D eigenvalue weighted by molar-refractivity contribution is 0.399. The standard InChI is InChI=1S/C9H8FNO3S/c1-14-9-6(5-11)3-7(10)4-8(9)15(2,12)13/h3-4H,1-2H3. The molecule has 4 nitrogen and oxygen atoms in total. The van der Waals surface area contributed by atoms with Crippen molar-refractivity contribution in [1.29, 1.82) is 5.26 Å². The lowest BCUT2D eigenvalue weighted by Crippen LogP contribution is -2.03. The molecule has 0 fully saturated rings. The Labute approximate surface area is 86.8 Å². The average molecular weight is 229 g/mol. The molecule has 1 rings (SSSR count). The zero-order valence-electron chi connectivity index (χ0n) is 8.11. The molecule has 1 aromatic rings. The largest absolute Gasteiger partial charge is 0.494 e. The van der Waals surface area contributed by atoms with E-state index in [4.69, 9.17) is 10.00 Å². The minimum Gasteiger partial charge on any atom is -0.494 e. The van der Waals surface area contributed by atoms with Gasteiger partial charge in [0.2, 0.25) is 0 Å². The van der Waals surface area contributed by atoms with Crippen LogP contribution in [0.3, 0.4) is 0 Å². The van der Waals surface area contributed by atoms with Crippen LogP contribution >= 0.6 is 0 Å². The van der Waals surface area contributed by atoms with Gasteiger partial charge in [0.05, 0.1) is 12.7 Å². The Morgan fingerprint density at radius 2 is 2.07 bits per heavy atom. The third-order valence-corrected chi connectivity index (χ3v) is 2.85. The maximum atomic E-state index is 13.0. The predicted molar refractivity (Wildman–Crippen MR) is 50.8 cm³/mol. The van der Waals surface area contributed by atoms with Crippen molar-refractivity contribution in [2.75, 3.05) is 13.4 Å². The van der Waals surface area contributed by atoms with Gasteiger partial charge in [0.1, 0.15) is 16.8 Å². The first-order valence-corrected chi connectivity index (χ1v) is 5.77. The molecule has 0 aromatic heterocycles. The summed E-state index contributed by atoms with van der Waals surface area (Å²) in [6.45, 7) is 0. The van der Waals surface area contributed by atoms with Gasteiger partial charge in [0.15, 0.2) is 15.6 Å². The zero-order chi connectivity index (χ0) is 11.6. The van der Waals surface area contributed by atoms with Gasteiger partial charge in [-0.2, -0.15) is 5.26 Å². The molecule has 0 atom stereocenters. The first-order valence-electron chi connectivity index (χ1n) is 3.88. The highest BCUT2D eigenvalue weighted by Crippen LogP contribution is 2.28. The van der Waals surface area contributed by atoms with Crippen molar-refractivity contribution >= 4 is 9.84 Å². The van der Waals surface area contributed by atoms with Crippen molar-refractivity contribution in [2.24, 2.45) is 0 Å². The first kappa shape index (κ1) is 11.5. The van der Waals surface area contributed by atoms with Gasteiger partial charge in [-0.05, 0) is 12.1 Å².